The molecule has 13 heavy (non-hydrogen) atoms. The fourth-order valence-electron chi connectivity index (χ4n) is 1.87. The highest BCUT2D eigenvalue weighted by Crippen LogP contribution is 2.27. The fraction of sp³-hybridized carbons (Fsp3) is 0.750. The summed E-state index contributed by atoms with van der Waals surface area (Å²) in [5, 5.41) is 0. The van der Waals surface area contributed by atoms with Gasteiger partial charge in [-0.2, -0.15) is 8.75 Å². The standard InChI is InChI=1S/C8H14N4S/c1-12-5-6(9)2-3-8(12)7-4-10-13-11-7/h4,6,8H,2-3,5,9H2,1H3. The Kier molecular flexibility index (Phi) is 2.57. The van der Waals surface area contributed by atoms with E-state index in [9.17, 15) is 0 Å². The van der Waals surface area contributed by atoms with Crippen LogP contribution < -0.4 is 5.73 Å². The summed E-state index contributed by atoms with van der Waals surface area (Å²) in [6.45, 7) is 0.961. The number of piperidine rings is 1. The molecule has 4 nitrogen and oxygen atoms in total. The molecule has 0 spiro atoms. The van der Waals surface area contributed by atoms with Crippen LogP contribution in [-0.2, 0) is 0 Å². The summed E-state index contributed by atoms with van der Waals surface area (Å²) in [6, 6.07) is 0.756. The SMILES string of the molecule is CN1CC(N)CCC1c1cnsn1. The Balaban J connectivity index is 2.08. The van der Waals surface area contributed by atoms with Gasteiger partial charge >= 0.3 is 0 Å². The molecule has 1 aliphatic rings. The molecule has 1 aromatic rings. The molecule has 2 unspecified atom stereocenters. The van der Waals surface area contributed by atoms with E-state index in [1.807, 2.05) is 6.20 Å². The highest BCUT2D eigenvalue weighted by molar-refractivity contribution is 6.99. The van der Waals surface area contributed by atoms with E-state index in [0.29, 0.717) is 12.1 Å². The van der Waals surface area contributed by atoms with E-state index in [1.54, 1.807) is 0 Å². The van der Waals surface area contributed by atoms with Crippen LogP contribution in [0.3, 0.4) is 0 Å². The van der Waals surface area contributed by atoms with Crippen LogP contribution in [0.5, 0.6) is 0 Å². The van der Waals surface area contributed by atoms with E-state index in [-0.39, 0.29) is 0 Å². The minimum Gasteiger partial charge on any atom is -0.327 e. The smallest absolute Gasteiger partial charge is 0.0914 e. The third-order valence-electron chi connectivity index (χ3n) is 2.59. The van der Waals surface area contributed by atoms with Crippen LogP contribution in [0.2, 0.25) is 0 Å². The summed E-state index contributed by atoms with van der Waals surface area (Å²) in [5.41, 5.74) is 6.96. The van der Waals surface area contributed by atoms with Gasteiger partial charge in [0.05, 0.1) is 29.7 Å². The Morgan fingerprint density at radius 2 is 2.46 bits per heavy atom. The number of aromatic nitrogens is 2. The van der Waals surface area contributed by atoms with E-state index >= 15 is 0 Å². The molecule has 0 bridgehead atoms. The maximum atomic E-state index is 5.87. The molecule has 0 amide bonds. The molecule has 2 heterocycles. The van der Waals surface area contributed by atoms with Gasteiger partial charge in [-0.05, 0) is 19.9 Å². The van der Waals surface area contributed by atoms with E-state index in [2.05, 4.69) is 20.7 Å². The molecule has 1 aromatic heterocycles. The Morgan fingerprint density at radius 1 is 1.62 bits per heavy atom. The van der Waals surface area contributed by atoms with E-state index in [4.69, 9.17) is 5.73 Å². The molecule has 1 saturated heterocycles. The first-order valence-electron chi connectivity index (χ1n) is 4.50. The monoisotopic (exact) mass is 198 g/mol. The zero-order valence-corrected chi connectivity index (χ0v) is 8.50. The number of likely N-dealkylation sites (N-methyl/N-ethyl adjacent to an activating group) is 1. The number of nitrogens with two attached hydrogens (primary N) is 1. The van der Waals surface area contributed by atoms with Gasteiger partial charge in [0, 0.05) is 12.6 Å². The van der Waals surface area contributed by atoms with E-state index in [1.165, 1.54) is 11.7 Å². The van der Waals surface area contributed by atoms with Crippen molar-refractivity contribution in [3.05, 3.63) is 11.9 Å². The first-order valence-corrected chi connectivity index (χ1v) is 5.23. The molecule has 5 heteroatoms. The largest absolute Gasteiger partial charge is 0.327 e. The summed E-state index contributed by atoms with van der Waals surface area (Å²) in [5.74, 6) is 0. The maximum absolute atomic E-state index is 5.87. The third-order valence-corrected chi connectivity index (χ3v) is 3.08. The second-order valence-electron chi connectivity index (χ2n) is 3.63. The number of nitrogens with zero attached hydrogens (tertiary/aromatic N) is 3. The molecule has 0 aromatic carbocycles. The molecule has 2 atom stereocenters. The molecule has 0 radical (unpaired) electrons. The topological polar surface area (TPSA) is 55.0 Å². The molecular weight excluding hydrogens is 184 g/mol. The van der Waals surface area contributed by atoms with Crippen molar-refractivity contribution in [2.24, 2.45) is 5.73 Å². The Labute approximate surface area is 82.1 Å². The average molecular weight is 198 g/mol. The Hall–Kier alpha value is -0.520. The van der Waals surface area contributed by atoms with Gasteiger partial charge in [0.1, 0.15) is 0 Å². The first-order chi connectivity index (χ1) is 6.27. The van der Waals surface area contributed by atoms with Crippen molar-refractivity contribution in [3.8, 4) is 0 Å². The lowest BCUT2D eigenvalue weighted by molar-refractivity contribution is 0.167. The Morgan fingerprint density at radius 3 is 3.08 bits per heavy atom. The van der Waals surface area contributed by atoms with Gasteiger partial charge in [-0.1, -0.05) is 0 Å². The third kappa shape index (κ3) is 1.87. The second-order valence-corrected chi connectivity index (χ2v) is 4.18. The second kappa shape index (κ2) is 3.69. The van der Waals surface area contributed by atoms with Crippen molar-refractivity contribution in [1.29, 1.82) is 0 Å². The average Bonchev–Trinajstić information content (AvgIpc) is 2.56. The van der Waals surface area contributed by atoms with Crippen LogP contribution in [-0.4, -0.2) is 33.3 Å². The van der Waals surface area contributed by atoms with Crippen molar-refractivity contribution in [2.45, 2.75) is 24.9 Å². The minimum atomic E-state index is 0.327. The summed E-state index contributed by atoms with van der Waals surface area (Å²) < 4.78 is 8.29. The van der Waals surface area contributed by atoms with Gasteiger partial charge in [0.15, 0.2) is 0 Å². The highest BCUT2D eigenvalue weighted by atomic mass is 32.1. The van der Waals surface area contributed by atoms with Gasteiger partial charge in [-0.3, -0.25) is 4.90 Å². The highest BCUT2D eigenvalue weighted by Gasteiger charge is 2.26. The predicted molar refractivity (Wildman–Crippen MR) is 52.5 cm³/mol. The van der Waals surface area contributed by atoms with Gasteiger partial charge in [0.2, 0.25) is 0 Å². The molecule has 2 N–H and O–H groups in total. The van der Waals surface area contributed by atoms with Crippen LogP contribution in [0.15, 0.2) is 6.20 Å². The van der Waals surface area contributed by atoms with Crippen LogP contribution in [0.1, 0.15) is 24.6 Å². The lowest BCUT2D eigenvalue weighted by atomic mass is 9.98. The van der Waals surface area contributed by atoms with Crippen molar-refractivity contribution in [3.63, 3.8) is 0 Å². The van der Waals surface area contributed by atoms with Crippen molar-refractivity contribution < 1.29 is 0 Å². The lowest BCUT2D eigenvalue weighted by Crippen LogP contribution is -2.42. The van der Waals surface area contributed by atoms with Crippen LogP contribution in [0.4, 0.5) is 0 Å². The maximum Gasteiger partial charge on any atom is 0.0914 e. The molecule has 1 fully saturated rings. The molecule has 2 rings (SSSR count). The van der Waals surface area contributed by atoms with Gasteiger partial charge < -0.3 is 5.73 Å². The lowest BCUT2D eigenvalue weighted by Gasteiger charge is -2.34. The number of hydrogen-bond donors (Lipinski definition) is 1. The first kappa shape index (κ1) is 9.05. The number of likely N-dealkylation sites (tertiary alicyclic amines) is 1. The molecule has 0 aliphatic carbocycles. The Bertz CT molecular complexity index is 261. The van der Waals surface area contributed by atoms with Gasteiger partial charge in [-0.25, -0.2) is 0 Å². The summed E-state index contributed by atoms with van der Waals surface area (Å²) in [6.07, 6.45) is 4.05. The molecular formula is C8H14N4S. The normalized spacial score (nSPS) is 30.6. The summed E-state index contributed by atoms with van der Waals surface area (Å²) >= 11 is 1.28. The number of rotatable bonds is 1. The molecule has 72 valence electrons. The van der Waals surface area contributed by atoms with E-state index in [0.717, 1.165) is 25.1 Å². The van der Waals surface area contributed by atoms with Crippen molar-refractivity contribution in [2.75, 3.05) is 13.6 Å². The van der Waals surface area contributed by atoms with Crippen LogP contribution in [0, 0.1) is 0 Å². The van der Waals surface area contributed by atoms with E-state index < -0.39 is 0 Å². The fourth-order valence-corrected chi connectivity index (χ4v) is 2.34. The minimum absolute atomic E-state index is 0.327. The summed E-state index contributed by atoms with van der Waals surface area (Å²) in [4.78, 5) is 2.27. The zero-order chi connectivity index (χ0) is 9.26. The zero-order valence-electron chi connectivity index (χ0n) is 7.68. The number of hydrogen-bond acceptors (Lipinski definition) is 5. The predicted octanol–water partition coefficient (Wildman–Crippen LogP) is 0.632. The van der Waals surface area contributed by atoms with Crippen LogP contribution >= 0.6 is 11.7 Å². The van der Waals surface area contributed by atoms with Gasteiger partial charge in [-0.15, -0.1) is 0 Å². The van der Waals surface area contributed by atoms with Crippen molar-refractivity contribution in [1.82, 2.24) is 13.6 Å². The van der Waals surface area contributed by atoms with Gasteiger partial charge in [0.25, 0.3) is 0 Å². The molecule has 0 saturated carbocycles. The molecule has 1 aliphatic heterocycles. The summed E-state index contributed by atoms with van der Waals surface area (Å²) in [7, 11) is 2.10. The quantitative estimate of drug-likeness (QED) is 0.719. The van der Waals surface area contributed by atoms with Crippen LogP contribution in [0.25, 0.3) is 0 Å². The van der Waals surface area contributed by atoms with Crippen molar-refractivity contribution >= 4 is 11.7 Å².